The molecule has 0 spiro atoms. The molecule has 0 aliphatic carbocycles. The first kappa shape index (κ1) is 9.95. The standard InChI is InChI=1S/Mg.H4O4Si.H2.2H/c;1-5(2,3)4;;;/h;1-4H;1H;;/q+2;;;2*-1. The van der Waals surface area contributed by atoms with Gasteiger partial charge in [0.15, 0.2) is 0 Å². The molecule has 0 fully saturated rings. The average molecular weight is 124 g/mol. The van der Waals surface area contributed by atoms with Gasteiger partial charge in [0.05, 0.1) is 0 Å². The van der Waals surface area contributed by atoms with Gasteiger partial charge in [-0.25, -0.2) is 0 Å². The van der Waals surface area contributed by atoms with Gasteiger partial charge in [0.2, 0.25) is 0 Å². The molecule has 6 heavy (non-hydrogen) atoms. The molecule has 4 N–H and O–H groups in total. The van der Waals surface area contributed by atoms with E-state index in [0.29, 0.717) is 0 Å². The van der Waals surface area contributed by atoms with Crippen LogP contribution in [-0.2, 0) is 0 Å². The second-order valence-electron chi connectivity index (χ2n) is 0.600. The van der Waals surface area contributed by atoms with Crippen molar-refractivity contribution in [2.45, 2.75) is 0 Å². The predicted octanol–water partition coefficient (Wildman–Crippen LogP) is -2.52. The molecule has 0 aromatic rings. The summed E-state index contributed by atoms with van der Waals surface area (Å²) in [4.78, 5) is 29.3. The van der Waals surface area contributed by atoms with E-state index in [1.807, 2.05) is 0 Å². The molecular weight excluding hydrogens is 116 g/mol. The maximum atomic E-state index is 7.33. The summed E-state index contributed by atoms with van der Waals surface area (Å²) < 4.78 is 0. The van der Waals surface area contributed by atoms with Gasteiger partial charge in [-0.05, 0) is 0 Å². The van der Waals surface area contributed by atoms with Crippen LogP contribution < -0.4 is 0 Å². The molecule has 0 unspecified atom stereocenters. The molecule has 0 rings (SSSR count). The molecule has 6 heteroatoms. The van der Waals surface area contributed by atoms with Gasteiger partial charge in [0.1, 0.15) is 0 Å². The predicted molar refractivity (Wildman–Crippen MR) is 24.7 cm³/mol. The quantitative estimate of drug-likeness (QED) is 0.269. The van der Waals surface area contributed by atoms with Gasteiger partial charge in [0, 0.05) is 1.43 Å². The van der Waals surface area contributed by atoms with E-state index in [4.69, 9.17) is 19.2 Å². The summed E-state index contributed by atoms with van der Waals surface area (Å²) in [7, 11) is -4.61. The monoisotopic (exact) mass is 124 g/mol. The van der Waals surface area contributed by atoms with E-state index in [9.17, 15) is 0 Å². The topological polar surface area (TPSA) is 80.9 Å². The van der Waals surface area contributed by atoms with Crippen molar-refractivity contribution in [1.29, 1.82) is 0 Å². The molecule has 0 heterocycles. The van der Waals surface area contributed by atoms with Crippen molar-refractivity contribution in [3.05, 3.63) is 0 Å². The summed E-state index contributed by atoms with van der Waals surface area (Å²) >= 11 is 0. The zero-order valence-electron chi connectivity index (χ0n) is 5.00. The first-order valence-corrected chi connectivity index (χ1v) is 2.68. The van der Waals surface area contributed by atoms with Gasteiger partial charge in [-0.2, -0.15) is 0 Å². The van der Waals surface area contributed by atoms with Crippen molar-refractivity contribution in [2.75, 3.05) is 0 Å². The van der Waals surface area contributed by atoms with Gasteiger partial charge in [-0.3, -0.25) is 0 Å². The normalized spacial score (nSPS) is 10.0. The summed E-state index contributed by atoms with van der Waals surface area (Å²) in [5.41, 5.74) is 0. The van der Waals surface area contributed by atoms with Gasteiger partial charge in [0.25, 0.3) is 0 Å². The maximum absolute atomic E-state index is 7.33. The Balaban J connectivity index is -0.0000000133. The Morgan fingerprint density at radius 1 is 1.17 bits per heavy atom. The third kappa shape index (κ3) is 104. The molecule has 4 nitrogen and oxygen atoms in total. The molecule has 0 radical (unpaired) electrons. The van der Waals surface area contributed by atoms with Gasteiger partial charge in [-0.1, -0.05) is 0 Å². The van der Waals surface area contributed by atoms with Crippen molar-refractivity contribution in [3.63, 3.8) is 0 Å². The zero-order chi connectivity index (χ0) is 4.50. The molecule has 0 aromatic carbocycles. The minimum absolute atomic E-state index is 0. The first-order chi connectivity index (χ1) is 2.00. The van der Waals surface area contributed by atoms with Crippen LogP contribution in [0.1, 0.15) is 4.28 Å². The molecular formula is H8MgO4Si. The second-order valence-corrected chi connectivity index (χ2v) is 1.80. The third-order valence-electron chi connectivity index (χ3n) is 0. The molecule has 0 aromatic heterocycles. The number of hydrogen-bond donors (Lipinski definition) is 4. The van der Waals surface area contributed by atoms with Gasteiger partial charge < -0.3 is 22.0 Å². The summed E-state index contributed by atoms with van der Waals surface area (Å²) in [5.74, 6) is 0. The van der Waals surface area contributed by atoms with E-state index < -0.39 is 9.05 Å². The van der Waals surface area contributed by atoms with E-state index in [1.165, 1.54) is 0 Å². The molecule has 0 aliphatic rings. The SMILES string of the molecule is O[Si](O)(O)O.[H-].[H-].[HH].[Mg+2]. The Kier molecular flexibility index (Phi) is 4.82. The smallest absolute Gasteiger partial charge is 1.00 e. The van der Waals surface area contributed by atoms with E-state index in [1.54, 1.807) is 0 Å². The largest absolute Gasteiger partial charge is 2.00 e. The minimum Gasteiger partial charge on any atom is -1.00 e. The summed E-state index contributed by atoms with van der Waals surface area (Å²) in [6.45, 7) is 0. The molecule has 0 bridgehead atoms. The van der Waals surface area contributed by atoms with Crippen molar-refractivity contribution in [2.24, 2.45) is 0 Å². The zero-order valence-corrected chi connectivity index (χ0v) is 5.41. The fraction of sp³-hybridized carbons (Fsp3) is 0. The fourth-order valence-corrected chi connectivity index (χ4v) is 0. The van der Waals surface area contributed by atoms with Crippen LogP contribution in [0.3, 0.4) is 0 Å². The van der Waals surface area contributed by atoms with Crippen molar-refractivity contribution >= 4 is 32.1 Å². The third-order valence-corrected chi connectivity index (χ3v) is 0. The number of rotatable bonds is 0. The second kappa shape index (κ2) is 2.91. The van der Waals surface area contributed by atoms with Crippen molar-refractivity contribution in [3.8, 4) is 0 Å². The van der Waals surface area contributed by atoms with E-state index in [2.05, 4.69) is 0 Å². The molecule has 0 saturated carbocycles. The van der Waals surface area contributed by atoms with Crippen LogP contribution in [0.4, 0.5) is 0 Å². The summed E-state index contributed by atoms with van der Waals surface area (Å²) in [5, 5.41) is 0. The molecule has 38 valence electrons. The molecule has 0 amide bonds. The number of hydrogen-bond acceptors (Lipinski definition) is 4. The van der Waals surface area contributed by atoms with Crippen LogP contribution in [0.2, 0.25) is 0 Å². The van der Waals surface area contributed by atoms with Crippen LogP contribution in [0.5, 0.6) is 0 Å². The van der Waals surface area contributed by atoms with Gasteiger partial charge in [-0.15, -0.1) is 0 Å². The van der Waals surface area contributed by atoms with Crippen LogP contribution >= 0.6 is 0 Å². The molecule has 0 atom stereocenters. The Bertz CT molecular complexity index is 31.3. The van der Waals surface area contributed by atoms with Crippen LogP contribution in [-0.4, -0.2) is 51.3 Å². The van der Waals surface area contributed by atoms with Crippen LogP contribution in [0.15, 0.2) is 0 Å². The van der Waals surface area contributed by atoms with E-state index in [-0.39, 0.29) is 27.3 Å². The molecule has 0 saturated heterocycles. The Hall–Kier alpha value is 0.823. The Morgan fingerprint density at radius 3 is 1.17 bits per heavy atom. The Morgan fingerprint density at radius 2 is 1.17 bits per heavy atom. The summed E-state index contributed by atoms with van der Waals surface area (Å²) in [6.07, 6.45) is 0. The van der Waals surface area contributed by atoms with E-state index in [0.717, 1.165) is 0 Å². The van der Waals surface area contributed by atoms with Crippen molar-refractivity contribution in [1.82, 2.24) is 0 Å². The fourth-order valence-electron chi connectivity index (χ4n) is 0. The Labute approximate surface area is 56.1 Å². The van der Waals surface area contributed by atoms with Gasteiger partial charge >= 0.3 is 32.1 Å². The van der Waals surface area contributed by atoms with E-state index >= 15 is 0 Å². The minimum atomic E-state index is -4.61. The molecule has 0 aliphatic heterocycles. The maximum Gasteiger partial charge on any atom is 2.00 e. The van der Waals surface area contributed by atoms with Crippen LogP contribution in [0, 0.1) is 0 Å². The summed E-state index contributed by atoms with van der Waals surface area (Å²) in [6, 6.07) is 0. The van der Waals surface area contributed by atoms with Crippen molar-refractivity contribution < 1.29 is 23.5 Å². The first-order valence-electron chi connectivity index (χ1n) is 0.894. The van der Waals surface area contributed by atoms with Crippen LogP contribution in [0.25, 0.3) is 0 Å². The average Bonchev–Trinajstić information content (AvgIpc) is 0.722.